The number of hydrogen-bond donors (Lipinski definition) is 1. The van der Waals surface area contributed by atoms with Gasteiger partial charge in [-0.3, -0.25) is 14.6 Å². The second-order valence-electron chi connectivity index (χ2n) is 14.1. The van der Waals surface area contributed by atoms with Gasteiger partial charge in [-0.25, -0.2) is 0 Å². The van der Waals surface area contributed by atoms with Crippen LogP contribution >= 0.6 is 0 Å². The van der Waals surface area contributed by atoms with Crippen LogP contribution in [0.4, 0.5) is 0 Å². The number of phenolic OH excluding ortho intramolecular Hbond substituents is 1. The second-order valence-corrected chi connectivity index (χ2v) is 14.1. The normalized spacial score (nSPS) is 31.4. The molecule has 224 valence electrons. The Morgan fingerprint density at radius 3 is 2.79 bits per heavy atom. The maximum absolute atomic E-state index is 12.9. The van der Waals surface area contributed by atoms with Crippen molar-refractivity contribution in [3.63, 3.8) is 0 Å². The highest BCUT2D eigenvalue weighted by Gasteiger charge is 2.75. The number of nitrogens with zero attached hydrogens (tertiary/aromatic N) is 2. The Balaban J connectivity index is 1.30. The standard InChI is InChI=1S/C36H46N2O4/c1-23(2)21-37(17-6-9-26-8-5-7-24(3)19-26)29-14-15-36(42-25(4)39)31-20-28-12-13-30(40)33-32(28)35(36,34(29)41-33)16-18-38(31)22-27-10-11-27/h5-9,12-13,19,23,27,29,31,34,40H,10-11,14-18,20-22H2,1-4H3/b9-6+/t29?,31-,34?,35+,36-/m1/s1. The first kappa shape index (κ1) is 28.0. The van der Waals surface area contributed by atoms with E-state index in [0.29, 0.717) is 11.7 Å². The summed E-state index contributed by atoms with van der Waals surface area (Å²) < 4.78 is 13.6. The van der Waals surface area contributed by atoms with Crippen LogP contribution in [-0.4, -0.2) is 70.8 Å². The molecule has 0 aromatic heterocycles. The minimum atomic E-state index is -0.653. The van der Waals surface area contributed by atoms with Crippen LogP contribution in [0.25, 0.3) is 6.08 Å². The molecule has 2 bridgehead atoms. The second kappa shape index (κ2) is 10.4. The van der Waals surface area contributed by atoms with Gasteiger partial charge in [-0.2, -0.15) is 0 Å². The van der Waals surface area contributed by atoms with E-state index in [1.165, 1.54) is 29.5 Å². The van der Waals surface area contributed by atoms with Gasteiger partial charge in [-0.05, 0) is 81.0 Å². The number of rotatable bonds is 9. The maximum Gasteiger partial charge on any atom is 0.303 e. The number of phenols is 1. The molecule has 1 saturated heterocycles. The number of piperidine rings is 1. The van der Waals surface area contributed by atoms with E-state index in [1.54, 1.807) is 6.92 Å². The van der Waals surface area contributed by atoms with Crippen LogP contribution < -0.4 is 4.74 Å². The summed E-state index contributed by atoms with van der Waals surface area (Å²) >= 11 is 0. The third-order valence-electron chi connectivity index (χ3n) is 10.8. The number of aryl methyl sites for hydroxylation is 1. The Kier molecular flexibility index (Phi) is 6.93. The van der Waals surface area contributed by atoms with Crippen LogP contribution in [-0.2, 0) is 21.4 Å². The average molecular weight is 571 g/mol. The molecular weight excluding hydrogens is 524 g/mol. The maximum atomic E-state index is 12.9. The molecule has 3 aliphatic carbocycles. The summed E-state index contributed by atoms with van der Waals surface area (Å²) in [7, 11) is 0. The van der Waals surface area contributed by atoms with E-state index in [9.17, 15) is 9.90 Å². The van der Waals surface area contributed by atoms with Crippen molar-refractivity contribution < 1.29 is 19.4 Å². The van der Waals surface area contributed by atoms with E-state index in [4.69, 9.17) is 9.47 Å². The summed E-state index contributed by atoms with van der Waals surface area (Å²) in [6.45, 7) is 12.1. The molecule has 3 fully saturated rings. The number of aromatic hydroxyl groups is 1. The van der Waals surface area contributed by atoms with Crippen LogP contribution in [0, 0.1) is 18.8 Å². The molecule has 0 radical (unpaired) electrons. The summed E-state index contributed by atoms with van der Waals surface area (Å²) in [6, 6.07) is 12.8. The lowest BCUT2D eigenvalue weighted by molar-refractivity contribution is -0.224. The van der Waals surface area contributed by atoms with Gasteiger partial charge in [-0.1, -0.05) is 61.9 Å². The van der Waals surface area contributed by atoms with Gasteiger partial charge in [0.05, 0.1) is 11.5 Å². The van der Waals surface area contributed by atoms with Crippen molar-refractivity contribution in [2.45, 2.75) is 95.4 Å². The Hall–Kier alpha value is -2.83. The van der Waals surface area contributed by atoms with E-state index in [-0.39, 0.29) is 29.9 Å². The molecule has 42 heavy (non-hydrogen) atoms. The number of likely N-dealkylation sites (tertiary alicyclic amines) is 1. The first-order chi connectivity index (χ1) is 20.2. The van der Waals surface area contributed by atoms with Crippen LogP contribution in [0.1, 0.15) is 75.1 Å². The molecule has 1 N–H and O–H groups in total. The largest absolute Gasteiger partial charge is 0.504 e. The summed E-state index contributed by atoms with van der Waals surface area (Å²) in [6.07, 6.45) is 10.3. The molecular formula is C36H46N2O4. The Morgan fingerprint density at radius 1 is 1.21 bits per heavy atom. The zero-order valence-corrected chi connectivity index (χ0v) is 25.6. The van der Waals surface area contributed by atoms with Crippen LogP contribution in [0.2, 0.25) is 0 Å². The van der Waals surface area contributed by atoms with Gasteiger partial charge < -0.3 is 14.6 Å². The predicted molar refractivity (Wildman–Crippen MR) is 165 cm³/mol. The van der Waals surface area contributed by atoms with Crippen molar-refractivity contribution in [3.05, 3.63) is 64.7 Å². The zero-order valence-electron chi connectivity index (χ0n) is 25.6. The molecule has 1 spiro atoms. The zero-order chi connectivity index (χ0) is 29.2. The highest BCUT2D eigenvalue weighted by Crippen LogP contribution is 2.67. The van der Waals surface area contributed by atoms with E-state index in [1.807, 2.05) is 6.07 Å². The monoisotopic (exact) mass is 570 g/mol. The third-order valence-corrected chi connectivity index (χ3v) is 10.8. The molecule has 2 aromatic rings. The molecule has 2 aliphatic heterocycles. The summed E-state index contributed by atoms with van der Waals surface area (Å²) in [5.41, 5.74) is 3.74. The van der Waals surface area contributed by atoms with Gasteiger partial charge in [0.25, 0.3) is 0 Å². The molecule has 2 unspecified atom stereocenters. The molecule has 7 rings (SSSR count). The van der Waals surface area contributed by atoms with Gasteiger partial charge in [0.2, 0.25) is 0 Å². The average Bonchev–Trinajstić information content (AvgIpc) is 3.68. The number of benzene rings is 2. The predicted octanol–water partition coefficient (Wildman–Crippen LogP) is 5.88. The van der Waals surface area contributed by atoms with Crippen molar-refractivity contribution >= 4 is 12.0 Å². The van der Waals surface area contributed by atoms with Crippen molar-refractivity contribution in [1.82, 2.24) is 9.80 Å². The Labute approximate surface area is 250 Å². The number of esters is 1. The summed E-state index contributed by atoms with van der Waals surface area (Å²) in [5.74, 6) is 1.89. The van der Waals surface area contributed by atoms with Crippen molar-refractivity contribution in [2.75, 3.05) is 26.2 Å². The SMILES string of the molecule is CC(=O)O[C@@]12CCC(N(C/C=C/c3cccc(C)c3)CC(C)C)C3Oc4c(O)ccc5c4[C@@]31CCN(CC1CC1)[C@@H]2C5. The lowest BCUT2D eigenvalue weighted by Crippen LogP contribution is -2.79. The highest BCUT2D eigenvalue weighted by atomic mass is 16.6. The quantitative estimate of drug-likeness (QED) is 0.380. The van der Waals surface area contributed by atoms with E-state index in [0.717, 1.165) is 63.3 Å². The third kappa shape index (κ3) is 4.40. The lowest BCUT2D eigenvalue weighted by Gasteiger charge is -2.66. The summed E-state index contributed by atoms with van der Waals surface area (Å²) in [5, 5.41) is 11.1. The fraction of sp³-hybridized carbons (Fsp3) is 0.583. The smallest absolute Gasteiger partial charge is 0.303 e. The Bertz CT molecular complexity index is 1400. The van der Waals surface area contributed by atoms with Gasteiger partial charge >= 0.3 is 5.97 Å². The van der Waals surface area contributed by atoms with Gasteiger partial charge in [0.1, 0.15) is 11.7 Å². The molecule has 5 aliphatic rings. The minimum Gasteiger partial charge on any atom is -0.504 e. The molecule has 5 atom stereocenters. The molecule has 0 amide bonds. The van der Waals surface area contributed by atoms with Crippen LogP contribution in [0.15, 0.2) is 42.5 Å². The first-order valence-electron chi connectivity index (χ1n) is 16.1. The van der Waals surface area contributed by atoms with Gasteiger partial charge in [0, 0.05) is 38.2 Å². The number of ether oxygens (including phenoxy) is 2. The fourth-order valence-corrected chi connectivity index (χ4v) is 9.18. The van der Waals surface area contributed by atoms with Crippen molar-refractivity contribution in [2.24, 2.45) is 11.8 Å². The lowest BCUT2D eigenvalue weighted by atomic mass is 9.48. The first-order valence-corrected chi connectivity index (χ1v) is 16.1. The number of carbonyl (C=O) groups excluding carboxylic acids is 1. The van der Waals surface area contributed by atoms with E-state index in [2.05, 4.69) is 73.1 Å². The van der Waals surface area contributed by atoms with Gasteiger partial charge in [-0.15, -0.1) is 0 Å². The molecule has 2 heterocycles. The number of carbonyl (C=O) groups is 1. The molecule has 6 heteroatoms. The number of hydrogen-bond acceptors (Lipinski definition) is 6. The Morgan fingerprint density at radius 2 is 2.05 bits per heavy atom. The van der Waals surface area contributed by atoms with E-state index < -0.39 is 11.0 Å². The topological polar surface area (TPSA) is 62.2 Å². The van der Waals surface area contributed by atoms with Crippen molar-refractivity contribution in [3.8, 4) is 11.5 Å². The van der Waals surface area contributed by atoms with Crippen molar-refractivity contribution in [1.29, 1.82) is 0 Å². The van der Waals surface area contributed by atoms with Crippen LogP contribution in [0.5, 0.6) is 11.5 Å². The van der Waals surface area contributed by atoms with E-state index >= 15 is 0 Å². The molecule has 6 nitrogen and oxygen atoms in total. The summed E-state index contributed by atoms with van der Waals surface area (Å²) in [4.78, 5) is 18.2. The fourth-order valence-electron chi connectivity index (χ4n) is 9.18. The highest BCUT2D eigenvalue weighted by molar-refractivity contribution is 5.69. The molecule has 2 saturated carbocycles. The minimum absolute atomic E-state index is 0.130. The molecule has 2 aromatic carbocycles. The van der Waals surface area contributed by atoms with Crippen LogP contribution in [0.3, 0.4) is 0 Å². The van der Waals surface area contributed by atoms with Gasteiger partial charge in [0.15, 0.2) is 11.5 Å².